The van der Waals surface area contributed by atoms with Crippen LogP contribution >= 0.6 is 11.6 Å². The molecule has 0 aliphatic rings. The maximum Gasteiger partial charge on any atom is 0.387 e. The normalized spacial score (nSPS) is 11.3. The average Bonchev–Trinajstić information content (AvgIpc) is 2.88. The fraction of sp³-hybridized carbons (Fsp3) is 0.250. The van der Waals surface area contributed by atoms with Crippen molar-refractivity contribution in [2.45, 2.75) is 26.9 Å². The second kappa shape index (κ2) is 7.08. The van der Waals surface area contributed by atoms with Crippen LogP contribution in [0.4, 0.5) is 8.78 Å². The molecule has 26 heavy (non-hydrogen) atoms. The van der Waals surface area contributed by atoms with Gasteiger partial charge in [-0.1, -0.05) is 17.7 Å². The van der Waals surface area contributed by atoms with Crippen LogP contribution in [0, 0.1) is 13.8 Å². The highest BCUT2D eigenvalue weighted by Gasteiger charge is 2.15. The number of rotatable bonds is 5. The average molecular weight is 378 g/mol. The fourth-order valence-corrected chi connectivity index (χ4v) is 3.52. The van der Waals surface area contributed by atoms with E-state index < -0.39 is 6.61 Å². The highest BCUT2D eigenvalue weighted by Crippen LogP contribution is 2.31. The lowest BCUT2D eigenvalue weighted by Gasteiger charge is -2.11. The molecule has 6 heteroatoms. The molecule has 0 radical (unpaired) electrons. The third-order valence-electron chi connectivity index (χ3n) is 4.66. The first-order chi connectivity index (χ1) is 12.3. The largest absolute Gasteiger partial charge is 0.435 e. The summed E-state index contributed by atoms with van der Waals surface area (Å²) >= 11 is 6.39. The van der Waals surface area contributed by atoms with Gasteiger partial charge in [0.25, 0.3) is 0 Å². The van der Waals surface area contributed by atoms with Crippen molar-refractivity contribution in [3.63, 3.8) is 0 Å². The van der Waals surface area contributed by atoms with Crippen molar-refractivity contribution in [3.05, 3.63) is 63.3 Å². The number of alkyl halides is 2. The Bertz CT molecular complexity index is 995. The Labute approximate surface area is 155 Å². The first-order valence-corrected chi connectivity index (χ1v) is 8.46. The summed E-state index contributed by atoms with van der Waals surface area (Å²) in [7, 11) is 1.87. The molecule has 0 aliphatic carbocycles. The summed E-state index contributed by atoms with van der Waals surface area (Å²) in [6.45, 7) is 0.938. The molecule has 0 N–H and O–H groups in total. The first-order valence-electron chi connectivity index (χ1n) is 8.08. The quantitative estimate of drug-likeness (QED) is 0.553. The number of aromatic nitrogens is 1. The van der Waals surface area contributed by atoms with Crippen LogP contribution in [0.2, 0.25) is 5.02 Å². The van der Waals surface area contributed by atoms with Crippen LogP contribution in [-0.4, -0.2) is 17.5 Å². The van der Waals surface area contributed by atoms with Crippen LogP contribution in [0.1, 0.15) is 32.7 Å². The van der Waals surface area contributed by atoms with E-state index in [9.17, 15) is 13.6 Å². The molecule has 0 saturated heterocycles. The van der Waals surface area contributed by atoms with Crippen molar-refractivity contribution in [1.29, 1.82) is 0 Å². The van der Waals surface area contributed by atoms with Crippen molar-refractivity contribution >= 4 is 28.8 Å². The van der Waals surface area contributed by atoms with Gasteiger partial charge in [-0.15, -0.1) is 0 Å². The predicted molar refractivity (Wildman–Crippen MR) is 98.7 cm³/mol. The number of halogens is 3. The van der Waals surface area contributed by atoms with E-state index in [1.54, 1.807) is 18.2 Å². The molecule has 3 aromatic rings. The minimum Gasteiger partial charge on any atom is -0.435 e. The summed E-state index contributed by atoms with van der Waals surface area (Å²) < 4.78 is 31.5. The van der Waals surface area contributed by atoms with Crippen LogP contribution in [0.5, 0.6) is 5.75 Å². The number of benzene rings is 2. The van der Waals surface area contributed by atoms with Gasteiger partial charge in [0.05, 0.1) is 10.5 Å². The van der Waals surface area contributed by atoms with Crippen LogP contribution in [0.25, 0.3) is 10.9 Å². The van der Waals surface area contributed by atoms with Gasteiger partial charge in [0, 0.05) is 36.2 Å². The summed E-state index contributed by atoms with van der Waals surface area (Å²) in [6, 6.07) is 8.79. The molecule has 0 saturated carbocycles. The second-order valence-electron chi connectivity index (χ2n) is 6.31. The molecule has 3 nitrogen and oxygen atoms in total. The van der Waals surface area contributed by atoms with Gasteiger partial charge >= 0.3 is 6.61 Å². The standard InChI is InChI=1S/C20H18ClF2NO2/c1-11-4-5-13(10-25)19(21)17(11)8-14-7-16-12(2)6-15(26-20(22)23)9-18(16)24(14)3/h4-7,9-10,20H,8H2,1-3H3. The molecule has 0 atom stereocenters. The Morgan fingerprint density at radius 2 is 1.92 bits per heavy atom. The lowest BCUT2D eigenvalue weighted by molar-refractivity contribution is -0.0497. The van der Waals surface area contributed by atoms with Gasteiger partial charge in [0.1, 0.15) is 5.75 Å². The fourth-order valence-electron chi connectivity index (χ4n) is 3.20. The van der Waals surface area contributed by atoms with Crippen molar-refractivity contribution in [2.75, 3.05) is 0 Å². The zero-order chi connectivity index (χ0) is 19.0. The highest BCUT2D eigenvalue weighted by molar-refractivity contribution is 6.33. The van der Waals surface area contributed by atoms with E-state index in [1.807, 2.05) is 37.6 Å². The summed E-state index contributed by atoms with van der Waals surface area (Å²) in [5, 5.41) is 1.41. The van der Waals surface area contributed by atoms with Crippen molar-refractivity contribution < 1.29 is 18.3 Å². The van der Waals surface area contributed by atoms with Crippen LogP contribution in [-0.2, 0) is 13.5 Å². The molecule has 0 aliphatic heterocycles. The van der Waals surface area contributed by atoms with E-state index in [0.29, 0.717) is 17.0 Å². The Morgan fingerprint density at radius 1 is 1.19 bits per heavy atom. The number of aryl methyl sites for hydroxylation is 3. The number of fused-ring (bicyclic) bond motifs is 1. The van der Waals surface area contributed by atoms with Gasteiger partial charge in [-0.2, -0.15) is 8.78 Å². The van der Waals surface area contributed by atoms with E-state index in [2.05, 4.69) is 4.74 Å². The number of carbonyl (C=O) groups excluding carboxylic acids is 1. The minimum atomic E-state index is -2.86. The Hall–Kier alpha value is -2.40. The second-order valence-corrected chi connectivity index (χ2v) is 6.68. The Kier molecular flexibility index (Phi) is 5.01. The van der Waals surface area contributed by atoms with Crippen LogP contribution in [0.15, 0.2) is 30.3 Å². The molecule has 0 unspecified atom stereocenters. The summed E-state index contributed by atoms with van der Waals surface area (Å²) in [5.41, 5.74) is 4.94. The third-order valence-corrected chi connectivity index (χ3v) is 5.11. The van der Waals surface area contributed by atoms with Crippen LogP contribution in [0.3, 0.4) is 0 Å². The number of nitrogens with zero attached hydrogens (tertiary/aromatic N) is 1. The number of carbonyl (C=O) groups is 1. The molecule has 0 fully saturated rings. The molecule has 0 spiro atoms. The monoisotopic (exact) mass is 377 g/mol. The van der Waals surface area contributed by atoms with Gasteiger partial charge in [-0.05, 0) is 48.7 Å². The number of hydrogen-bond donors (Lipinski definition) is 0. The smallest absolute Gasteiger partial charge is 0.387 e. The Morgan fingerprint density at radius 3 is 2.58 bits per heavy atom. The first kappa shape index (κ1) is 18.4. The van der Waals surface area contributed by atoms with Gasteiger partial charge in [-0.25, -0.2) is 0 Å². The number of aldehydes is 1. The summed E-state index contributed by atoms with van der Waals surface area (Å²) in [5.74, 6) is 0.134. The maximum atomic E-state index is 12.5. The molecule has 1 aromatic heterocycles. The molecule has 1 heterocycles. The molecule has 136 valence electrons. The zero-order valence-electron chi connectivity index (χ0n) is 14.6. The van der Waals surface area contributed by atoms with Crippen LogP contribution < -0.4 is 4.74 Å². The van der Waals surface area contributed by atoms with Crippen molar-refractivity contribution in [3.8, 4) is 5.75 Å². The van der Waals surface area contributed by atoms with Gasteiger partial charge < -0.3 is 9.30 Å². The Balaban J connectivity index is 2.09. The molecular weight excluding hydrogens is 360 g/mol. The summed E-state index contributed by atoms with van der Waals surface area (Å²) in [6.07, 6.45) is 1.27. The SMILES string of the molecule is Cc1ccc(C=O)c(Cl)c1Cc1cc2c(C)cc(OC(F)F)cc2n1C. The highest BCUT2D eigenvalue weighted by atomic mass is 35.5. The van der Waals surface area contributed by atoms with E-state index in [4.69, 9.17) is 11.6 Å². The summed E-state index contributed by atoms with van der Waals surface area (Å²) in [4.78, 5) is 11.2. The third kappa shape index (κ3) is 3.31. The lowest BCUT2D eigenvalue weighted by Crippen LogP contribution is -2.03. The molecular formula is C20H18ClF2NO2. The topological polar surface area (TPSA) is 31.2 Å². The number of ether oxygens (including phenoxy) is 1. The minimum absolute atomic E-state index is 0.134. The van der Waals surface area contributed by atoms with E-state index in [0.717, 1.165) is 39.6 Å². The lowest BCUT2D eigenvalue weighted by atomic mass is 10.0. The molecule has 0 amide bonds. The van der Waals surface area contributed by atoms with Gasteiger partial charge in [0.15, 0.2) is 6.29 Å². The molecule has 3 rings (SSSR count). The van der Waals surface area contributed by atoms with Crippen molar-refractivity contribution in [1.82, 2.24) is 4.57 Å². The van der Waals surface area contributed by atoms with Gasteiger partial charge in [0.2, 0.25) is 0 Å². The van der Waals surface area contributed by atoms with E-state index in [1.165, 1.54) is 0 Å². The predicted octanol–water partition coefficient (Wildman–Crippen LogP) is 5.45. The zero-order valence-corrected chi connectivity index (χ0v) is 15.4. The molecule has 2 aromatic carbocycles. The van der Waals surface area contributed by atoms with E-state index in [-0.39, 0.29) is 5.75 Å². The maximum absolute atomic E-state index is 12.5. The van der Waals surface area contributed by atoms with Crippen molar-refractivity contribution in [2.24, 2.45) is 7.05 Å². The number of hydrogen-bond acceptors (Lipinski definition) is 2. The van der Waals surface area contributed by atoms with Gasteiger partial charge in [-0.3, -0.25) is 4.79 Å². The molecule has 0 bridgehead atoms. The van der Waals surface area contributed by atoms with E-state index >= 15 is 0 Å².